The van der Waals surface area contributed by atoms with Crippen LogP contribution in [-0.4, -0.2) is 11.2 Å². The van der Waals surface area contributed by atoms with Gasteiger partial charge in [-0.2, -0.15) is 0 Å². The van der Waals surface area contributed by atoms with Gasteiger partial charge in [-0.3, -0.25) is 0 Å². The van der Waals surface area contributed by atoms with E-state index in [0.29, 0.717) is 5.92 Å². The van der Waals surface area contributed by atoms with Crippen LogP contribution >= 0.6 is 0 Å². The van der Waals surface area contributed by atoms with Gasteiger partial charge in [-0.05, 0) is 30.7 Å². The summed E-state index contributed by atoms with van der Waals surface area (Å²) in [6.45, 7) is 4.42. The Labute approximate surface area is 106 Å². The van der Waals surface area contributed by atoms with Crippen molar-refractivity contribution in [1.82, 2.24) is 0 Å². The first-order valence-electron chi connectivity index (χ1n) is 6.97. The van der Waals surface area contributed by atoms with E-state index < -0.39 is 0 Å². The van der Waals surface area contributed by atoms with E-state index in [1.54, 1.807) is 0 Å². The van der Waals surface area contributed by atoms with Crippen molar-refractivity contribution in [3.63, 3.8) is 0 Å². The standard InChI is InChI=1S/C16H26O/c1-3-9-16(17)13-8-7-10-14(2)15-11-5-4-6-12-15/h4-6,11-12,14,16-17H,3,7-10,13H2,1-2H3. The van der Waals surface area contributed by atoms with Crippen molar-refractivity contribution in [2.45, 2.75) is 64.4 Å². The molecule has 2 unspecified atom stereocenters. The summed E-state index contributed by atoms with van der Waals surface area (Å²) in [5.74, 6) is 0.638. The van der Waals surface area contributed by atoms with E-state index in [0.717, 1.165) is 25.7 Å². The number of aliphatic hydroxyl groups excluding tert-OH is 1. The molecule has 1 heteroatoms. The Morgan fingerprint density at radius 1 is 1.00 bits per heavy atom. The molecule has 0 amide bonds. The molecule has 2 atom stereocenters. The minimum absolute atomic E-state index is 0.0768. The second-order valence-corrected chi connectivity index (χ2v) is 5.04. The van der Waals surface area contributed by atoms with Crippen molar-refractivity contribution >= 4 is 0 Å². The van der Waals surface area contributed by atoms with E-state index in [2.05, 4.69) is 44.2 Å². The first-order chi connectivity index (χ1) is 8.24. The van der Waals surface area contributed by atoms with Crippen LogP contribution in [0.25, 0.3) is 0 Å². The molecule has 0 heterocycles. The van der Waals surface area contributed by atoms with Gasteiger partial charge in [0.1, 0.15) is 0 Å². The molecule has 0 saturated carbocycles. The van der Waals surface area contributed by atoms with Crippen LogP contribution in [0.2, 0.25) is 0 Å². The monoisotopic (exact) mass is 234 g/mol. The van der Waals surface area contributed by atoms with Crippen LogP contribution in [-0.2, 0) is 0 Å². The summed E-state index contributed by atoms with van der Waals surface area (Å²) in [5.41, 5.74) is 1.43. The number of aliphatic hydroxyl groups is 1. The van der Waals surface area contributed by atoms with Crippen molar-refractivity contribution in [2.75, 3.05) is 0 Å². The van der Waals surface area contributed by atoms with Crippen molar-refractivity contribution < 1.29 is 5.11 Å². The molecular weight excluding hydrogens is 208 g/mol. The molecule has 0 saturated heterocycles. The van der Waals surface area contributed by atoms with E-state index in [1.807, 2.05) is 0 Å². The minimum atomic E-state index is -0.0768. The summed E-state index contributed by atoms with van der Waals surface area (Å²) in [7, 11) is 0. The highest BCUT2D eigenvalue weighted by Gasteiger charge is 2.06. The van der Waals surface area contributed by atoms with Crippen molar-refractivity contribution in [2.24, 2.45) is 0 Å². The zero-order valence-electron chi connectivity index (χ0n) is 11.2. The molecule has 1 N–H and O–H groups in total. The largest absolute Gasteiger partial charge is 0.393 e. The molecule has 0 aliphatic carbocycles. The molecule has 96 valence electrons. The molecule has 17 heavy (non-hydrogen) atoms. The fraction of sp³-hybridized carbons (Fsp3) is 0.625. The van der Waals surface area contributed by atoms with Gasteiger partial charge in [0.15, 0.2) is 0 Å². The highest BCUT2D eigenvalue weighted by atomic mass is 16.3. The van der Waals surface area contributed by atoms with Gasteiger partial charge in [0.05, 0.1) is 6.10 Å². The number of unbranched alkanes of at least 4 members (excludes halogenated alkanes) is 1. The number of hydrogen-bond acceptors (Lipinski definition) is 1. The highest BCUT2D eigenvalue weighted by molar-refractivity contribution is 5.18. The first-order valence-corrected chi connectivity index (χ1v) is 6.97. The average Bonchev–Trinajstić information content (AvgIpc) is 2.36. The molecule has 0 fully saturated rings. The fourth-order valence-corrected chi connectivity index (χ4v) is 2.26. The van der Waals surface area contributed by atoms with Gasteiger partial charge in [-0.1, -0.05) is 63.4 Å². The van der Waals surface area contributed by atoms with Gasteiger partial charge in [-0.15, -0.1) is 0 Å². The molecule has 0 aromatic heterocycles. The maximum Gasteiger partial charge on any atom is 0.0540 e. The summed E-state index contributed by atoms with van der Waals surface area (Å²) < 4.78 is 0. The molecule has 1 aromatic carbocycles. The summed E-state index contributed by atoms with van der Waals surface area (Å²) in [5, 5.41) is 9.63. The van der Waals surface area contributed by atoms with Crippen molar-refractivity contribution in [3.8, 4) is 0 Å². The van der Waals surface area contributed by atoms with Crippen LogP contribution < -0.4 is 0 Å². The van der Waals surface area contributed by atoms with E-state index in [-0.39, 0.29) is 6.10 Å². The van der Waals surface area contributed by atoms with E-state index >= 15 is 0 Å². The first kappa shape index (κ1) is 14.2. The van der Waals surface area contributed by atoms with Crippen LogP contribution in [0.1, 0.15) is 63.9 Å². The van der Waals surface area contributed by atoms with Gasteiger partial charge in [0, 0.05) is 0 Å². The predicted octanol–water partition coefficient (Wildman–Crippen LogP) is 4.51. The molecule has 0 bridgehead atoms. The van der Waals surface area contributed by atoms with Gasteiger partial charge in [0.25, 0.3) is 0 Å². The lowest BCUT2D eigenvalue weighted by atomic mass is 9.94. The van der Waals surface area contributed by atoms with E-state index in [4.69, 9.17) is 0 Å². The van der Waals surface area contributed by atoms with Crippen LogP contribution in [0.4, 0.5) is 0 Å². The Hall–Kier alpha value is -0.820. The van der Waals surface area contributed by atoms with Gasteiger partial charge in [-0.25, -0.2) is 0 Å². The lowest BCUT2D eigenvalue weighted by Gasteiger charge is -2.13. The van der Waals surface area contributed by atoms with Gasteiger partial charge in [0.2, 0.25) is 0 Å². The summed E-state index contributed by atoms with van der Waals surface area (Å²) in [6.07, 6.45) is 6.52. The predicted molar refractivity (Wildman–Crippen MR) is 74.2 cm³/mol. The zero-order chi connectivity index (χ0) is 12.5. The molecule has 1 nitrogen and oxygen atoms in total. The Morgan fingerprint density at radius 3 is 2.29 bits per heavy atom. The summed E-state index contributed by atoms with van der Waals surface area (Å²) in [6, 6.07) is 10.7. The van der Waals surface area contributed by atoms with Crippen LogP contribution in [0, 0.1) is 0 Å². The van der Waals surface area contributed by atoms with Crippen LogP contribution in [0.3, 0.4) is 0 Å². The number of hydrogen-bond donors (Lipinski definition) is 1. The Balaban J connectivity index is 2.14. The van der Waals surface area contributed by atoms with Gasteiger partial charge >= 0.3 is 0 Å². The van der Waals surface area contributed by atoms with Crippen molar-refractivity contribution in [1.29, 1.82) is 0 Å². The molecule has 0 aliphatic heterocycles. The lowest BCUT2D eigenvalue weighted by Crippen LogP contribution is -2.05. The van der Waals surface area contributed by atoms with E-state index in [1.165, 1.54) is 18.4 Å². The second kappa shape index (κ2) is 8.30. The molecular formula is C16H26O. The molecule has 1 rings (SSSR count). The SMILES string of the molecule is CCCC(O)CCCCC(C)c1ccccc1. The van der Waals surface area contributed by atoms with Crippen molar-refractivity contribution in [3.05, 3.63) is 35.9 Å². The molecule has 0 aliphatic rings. The topological polar surface area (TPSA) is 20.2 Å². The molecule has 1 aromatic rings. The third-order valence-electron chi connectivity index (χ3n) is 3.41. The average molecular weight is 234 g/mol. The van der Waals surface area contributed by atoms with Crippen LogP contribution in [0.5, 0.6) is 0 Å². The van der Waals surface area contributed by atoms with Gasteiger partial charge < -0.3 is 5.11 Å². The maximum absolute atomic E-state index is 9.63. The minimum Gasteiger partial charge on any atom is -0.393 e. The fourth-order valence-electron chi connectivity index (χ4n) is 2.26. The Kier molecular flexibility index (Phi) is 6.95. The third kappa shape index (κ3) is 5.88. The Morgan fingerprint density at radius 2 is 1.65 bits per heavy atom. The summed E-state index contributed by atoms with van der Waals surface area (Å²) in [4.78, 5) is 0. The van der Waals surface area contributed by atoms with E-state index in [9.17, 15) is 5.11 Å². The smallest absolute Gasteiger partial charge is 0.0540 e. The molecule has 0 radical (unpaired) electrons. The quantitative estimate of drug-likeness (QED) is 0.656. The van der Waals surface area contributed by atoms with Crippen LogP contribution in [0.15, 0.2) is 30.3 Å². The highest BCUT2D eigenvalue weighted by Crippen LogP contribution is 2.21. The third-order valence-corrected chi connectivity index (χ3v) is 3.41. The lowest BCUT2D eigenvalue weighted by molar-refractivity contribution is 0.150. The second-order valence-electron chi connectivity index (χ2n) is 5.04. The normalized spacial score (nSPS) is 14.5. The zero-order valence-corrected chi connectivity index (χ0v) is 11.2. The Bertz CT molecular complexity index is 281. The summed E-state index contributed by atoms with van der Waals surface area (Å²) >= 11 is 0. The molecule has 0 spiro atoms. The maximum atomic E-state index is 9.63. The number of rotatable bonds is 8. The number of benzene rings is 1.